The molecule has 0 radical (unpaired) electrons. The number of alkyl halides is 4. The number of nitrogens with two attached hydrogens (primary N) is 1. The molecule has 0 heterocycles. The van der Waals surface area contributed by atoms with Gasteiger partial charge in [0.15, 0.2) is 0 Å². The van der Waals surface area contributed by atoms with Crippen molar-refractivity contribution < 1.29 is 37.3 Å². The van der Waals surface area contributed by atoms with Crippen molar-refractivity contribution >= 4 is 34.5 Å². The van der Waals surface area contributed by atoms with Crippen LogP contribution < -0.4 is 5.73 Å². The highest BCUT2D eigenvalue weighted by atomic mass is 127. The molecule has 0 aromatic heterocycles. The van der Waals surface area contributed by atoms with Crippen LogP contribution in [0.2, 0.25) is 0 Å². The van der Waals surface area contributed by atoms with E-state index in [4.69, 9.17) is 31.5 Å². The van der Waals surface area contributed by atoms with Crippen molar-refractivity contribution in [3.63, 3.8) is 0 Å². The fraction of sp³-hybridized carbons (Fsp3) is 0.375. The van der Waals surface area contributed by atoms with E-state index >= 15 is 0 Å². The fourth-order valence-corrected chi connectivity index (χ4v) is 1.56. The summed E-state index contributed by atoms with van der Waals surface area (Å²) in [7, 11) is 0. The molecule has 0 aliphatic heterocycles. The van der Waals surface area contributed by atoms with Gasteiger partial charge in [0.2, 0.25) is 4.11 Å². The molecule has 1 aromatic rings. The van der Waals surface area contributed by atoms with E-state index in [0.717, 1.165) is 5.56 Å². The first kappa shape index (κ1) is 24.2. The Kier molecular flexibility index (Phi) is 10.9. The number of esters is 1. The van der Waals surface area contributed by atoms with Crippen LogP contribution >= 0.6 is 22.6 Å². The highest BCUT2D eigenvalue weighted by Gasteiger charge is 2.38. The number of benzene rings is 1. The third-order valence-electron chi connectivity index (χ3n) is 2.73. The molecular formula is C16H17F3INO5. The molecule has 0 aliphatic carbocycles. The SMILES string of the molecule is C#CC(I)OC(=O)[C@@H](N)[C@@H](C)OCc1ccccc1.O=C(O)C(F)(F)F. The lowest BCUT2D eigenvalue weighted by Crippen LogP contribution is -2.43. The van der Waals surface area contributed by atoms with Gasteiger partial charge in [0, 0.05) is 0 Å². The van der Waals surface area contributed by atoms with Gasteiger partial charge in [-0.1, -0.05) is 36.3 Å². The van der Waals surface area contributed by atoms with Gasteiger partial charge in [-0.25, -0.2) is 4.79 Å². The number of hydrogen-bond donors (Lipinski definition) is 2. The van der Waals surface area contributed by atoms with E-state index in [1.54, 1.807) is 6.92 Å². The molecule has 0 bridgehead atoms. The molecule has 1 aromatic carbocycles. The summed E-state index contributed by atoms with van der Waals surface area (Å²) >= 11 is 1.83. The zero-order valence-corrected chi connectivity index (χ0v) is 15.7. The number of carbonyl (C=O) groups is 2. The first-order valence-corrected chi connectivity index (χ1v) is 8.25. The Bertz CT molecular complexity index is 619. The zero-order chi connectivity index (χ0) is 20.3. The van der Waals surface area contributed by atoms with Crippen molar-refractivity contribution in [2.24, 2.45) is 5.73 Å². The molecule has 0 amide bonds. The van der Waals surface area contributed by atoms with E-state index in [-0.39, 0.29) is 0 Å². The van der Waals surface area contributed by atoms with Crippen molar-refractivity contribution in [2.75, 3.05) is 0 Å². The number of terminal acetylenes is 1. The van der Waals surface area contributed by atoms with E-state index in [2.05, 4.69) is 5.92 Å². The quantitative estimate of drug-likeness (QED) is 0.277. The fourth-order valence-electron chi connectivity index (χ4n) is 1.31. The second kappa shape index (κ2) is 11.7. The van der Waals surface area contributed by atoms with Crippen LogP contribution in [0.3, 0.4) is 0 Å². The molecule has 0 spiro atoms. The number of carbonyl (C=O) groups excluding carboxylic acids is 1. The average Bonchev–Trinajstić information content (AvgIpc) is 2.59. The molecule has 6 nitrogen and oxygen atoms in total. The van der Waals surface area contributed by atoms with Crippen molar-refractivity contribution in [2.45, 2.75) is 36.0 Å². The second-order valence-electron chi connectivity index (χ2n) is 4.75. The third kappa shape index (κ3) is 10.2. The van der Waals surface area contributed by atoms with Crippen molar-refractivity contribution in [1.82, 2.24) is 0 Å². The summed E-state index contributed by atoms with van der Waals surface area (Å²) in [5, 5.41) is 7.12. The lowest BCUT2D eigenvalue weighted by Gasteiger charge is -2.19. The Morgan fingerprint density at radius 2 is 1.85 bits per heavy atom. The molecule has 26 heavy (non-hydrogen) atoms. The Morgan fingerprint density at radius 1 is 1.35 bits per heavy atom. The molecule has 3 atom stereocenters. The highest BCUT2D eigenvalue weighted by molar-refractivity contribution is 14.1. The number of aliphatic carboxylic acids is 1. The maximum Gasteiger partial charge on any atom is 0.490 e. The number of hydrogen-bond acceptors (Lipinski definition) is 5. The second-order valence-corrected chi connectivity index (χ2v) is 5.88. The van der Waals surface area contributed by atoms with Crippen LogP contribution in [0.1, 0.15) is 12.5 Å². The molecule has 0 saturated heterocycles. The third-order valence-corrected chi connectivity index (χ3v) is 3.34. The first-order chi connectivity index (χ1) is 12.0. The number of carboxylic acid groups (broad SMARTS) is 1. The predicted molar refractivity (Wildman–Crippen MR) is 95.1 cm³/mol. The minimum Gasteiger partial charge on any atom is -0.475 e. The zero-order valence-electron chi connectivity index (χ0n) is 13.6. The van der Waals surface area contributed by atoms with E-state index < -0.39 is 34.4 Å². The molecule has 0 fully saturated rings. The molecule has 1 rings (SSSR count). The normalized spacial score (nSPS) is 14.0. The molecular weight excluding hydrogens is 470 g/mol. The average molecular weight is 487 g/mol. The van der Waals surface area contributed by atoms with Gasteiger partial charge in [0.25, 0.3) is 0 Å². The molecule has 10 heteroatoms. The number of carboxylic acids is 1. The van der Waals surface area contributed by atoms with Crippen molar-refractivity contribution in [3.8, 4) is 12.3 Å². The lowest BCUT2D eigenvalue weighted by atomic mass is 10.2. The van der Waals surface area contributed by atoms with Crippen LogP contribution in [-0.2, 0) is 25.7 Å². The monoisotopic (exact) mass is 487 g/mol. The van der Waals surface area contributed by atoms with E-state index in [1.165, 1.54) is 0 Å². The van der Waals surface area contributed by atoms with Crippen molar-refractivity contribution in [1.29, 1.82) is 0 Å². The summed E-state index contributed by atoms with van der Waals surface area (Å²) in [4.78, 5) is 20.5. The van der Waals surface area contributed by atoms with Gasteiger partial charge in [0.1, 0.15) is 6.04 Å². The van der Waals surface area contributed by atoms with Gasteiger partial charge in [-0.05, 0) is 35.1 Å². The summed E-state index contributed by atoms with van der Waals surface area (Å²) < 4.78 is 41.6. The minimum atomic E-state index is -5.08. The standard InChI is InChI=1S/C14H16INO3.C2HF3O2/c1-3-12(15)19-14(17)13(16)10(2)18-9-11-7-5-4-6-8-11;3-2(4,5)1(6)7/h1,4-8,10,12-13H,9,16H2,2H3;(H,6,7)/t10-,12?,13+;/m1./s1. The minimum absolute atomic E-state index is 0.395. The summed E-state index contributed by atoms with van der Waals surface area (Å²) in [6, 6.07) is 8.80. The maximum absolute atomic E-state index is 11.6. The van der Waals surface area contributed by atoms with Crippen molar-refractivity contribution in [3.05, 3.63) is 35.9 Å². The molecule has 144 valence electrons. The van der Waals surface area contributed by atoms with Gasteiger partial charge in [0.05, 0.1) is 12.7 Å². The lowest BCUT2D eigenvalue weighted by molar-refractivity contribution is -0.192. The smallest absolute Gasteiger partial charge is 0.475 e. The summed E-state index contributed by atoms with van der Waals surface area (Å²) in [6.07, 6.45) is -0.409. The topological polar surface area (TPSA) is 98.9 Å². The molecule has 0 saturated carbocycles. The van der Waals surface area contributed by atoms with E-state index in [9.17, 15) is 18.0 Å². The van der Waals surface area contributed by atoms with E-state index in [1.807, 2.05) is 52.9 Å². The summed E-state index contributed by atoms with van der Waals surface area (Å²) in [5.41, 5.74) is 6.78. The van der Waals surface area contributed by atoms with Gasteiger partial charge >= 0.3 is 18.1 Å². The van der Waals surface area contributed by atoms with Gasteiger partial charge in [-0.3, -0.25) is 4.79 Å². The van der Waals surface area contributed by atoms with Gasteiger partial charge in [-0.15, -0.1) is 6.42 Å². The molecule has 0 aliphatic rings. The van der Waals surface area contributed by atoms with Crippen LogP contribution in [0, 0.1) is 12.3 Å². The Morgan fingerprint density at radius 3 is 2.27 bits per heavy atom. The Balaban J connectivity index is 0.000000758. The van der Waals surface area contributed by atoms with Gasteiger partial charge < -0.3 is 20.3 Å². The van der Waals surface area contributed by atoms with Crippen LogP contribution in [0.5, 0.6) is 0 Å². The van der Waals surface area contributed by atoms with Crippen LogP contribution in [0.4, 0.5) is 13.2 Å². The predicted octanol–water partition coefficient (Wildman–Crippen LogP) is 2.49. The summed E-state index contributed by atoms with van der Waals surface area (Å²) in [6.45, 7) is 2.12. The number of halogens is 4. The van der Waals surface area contributed by atoms with Crippen LogP contribution in [0.15, 0.2) is 30.3 Å². The van der Waals surface area contributed by atoms with Crippen LogP contribution in [0.25, 0.3) is 0 Å². The molecule has 3 N–H and O–H groups in total. The number of ether oxygens (including phenoxy) is 2. The molecule has 1 unspecified atom stereocenters. The number of rotatable bonds is 6. The summed E-state index contributed by atoms with van der Waals surface area (Å²) in [5.74, 6) is -1.02. The highest BCUT2D eigenvalue weighted by Crippen LogP contribution is 2.13. The van der Waals surface area contributed by atoms with Gasteiger partial charge in [-0.2, -0.15) is 13.2 Å². The van der Waals surface area contributed by atoms with Crippen LogP contribution in [-0.4, -0.2) is 39.5 Å². The Hall–Kier alpha value is -1.84. The Labute approximate surface area is 162 Å². The largest absolute Gasteiger partial charge is 0.490 e. The van der Waals surface area contributed by atoms with E-state index in [0.29, 0.717) is 6.61 Å². The first-order valence-electron chi connectivity index (χ1n) is 7.01. The maximum atomic E-state index is 11.6.